The van der Waals surface area contributed by atoms with Gasteiger partial charge in [0.05, 0.1) is 6.61 Å². The minimum Gasteiger partial charge on any atom is -0.491 e. The highest BCUT2D eigenvalue weighted by molar-refractivity contribution is 14.0. The molecule has 0 spiro atoms. The van der Waals surface area contributed by atoms with Gasteiger partial charge in [-0.1, -0.05) is 26.0 Å². The Morgan fingerprint density at radius 3 is 2.60 bits per heavy atom. The Bertz CT molecular complexity index is 507. The van der Waals surface area contributed by atoms with Gasteiger partial charge in [0, 0.05) is 32.8 Å². The van der Waals surface area contributed by atoms with Crippen molar-refractivity contribution in [1.82, 2.24) is 10.6 Å². The van der Waals surface area contributed by atoms with Gasteiger partial charge in [-0.2, -0.15) is 0 Å². The van der Waals surface area contributed by atoms with Crippen molar-refractivity contribution in [2.75, 3.05) is 33.9 Å². The molecule has 25 heavy (non-hydrogen) atoms. The molecule has 0 aromatic heterocycles. The lowest BCUT2D eigenvalue weighted by Crippen LogP contribution is -2.37. The summed E-state index contributed by atoms with van der Waals surface area (Å²) in [4.78, 5) is 4.28. The van der Waals surface area contributed by atoms with Gasteiger partial charge in [-0.25, -0.2) is 0 Å². The molecular formula is C19H34IN3O2. The van der Waals surface area contributed by atoms with E-state index in [-0.39, 0.29) is 24.0 Å². The number of methoxy groups -OCH3 is 1. The van der Waals surface area contributed by atoms with Gasteiger partial charge in [-0.15, -0.1) is 24.0 Å². The summed E-state index contributed by atoms with van der Waals surface area (Å²) in [6.45, 7) is 9.30. The van der Waals surface area contributed by atoms with Crippen molar-refractivity contribution in [2.24, 2.45) is 10.9 Å². The van der Waals surface area contributed by atoms with E-state index in [0.29, 0.717) is 19.8 Å². The van der Waals surface area contributed by atoms with Crippen molar-refractivity contribution in [3.8, 4) is 5.75 Å². The molecule has 0 atom stereocenters. The van der Waals surface area contributed by atoms with Crippen LogP contribution < -0.4 is 15.4 Å². The van der Waals surface area contributed by atoms with Crippen molar-refractivity contribution in [3.05, 3.63) is 29.3 Å². The number of halogens is 1. The fourth-order valence-corrected chi connectivity index (χ4v) is 2.29. The molecule has 144 valence electrons. The second-order valence-electron chi connectivity index (χ2n) is 6.34. The number of benzene rings is 1. The van der Waals surface area contributed by atoms with Gasteiger partial charge >= 0.3 is 0 Å². The monoisotopic (exact) mass is 463 g/mol. The first-order valence-corrected chi connectivity index (χ1v) is 8.72. The van der Waals surface area contributed by atoms with Crippen LogP contribution >= 0.6 is 24.0 Å². The Hall–Kier alpha value is -1.02. The molecule has 0 aliphatic carbocycles. The second-order valence-corrected chi connectivity index (χ2v) is 6.34. The van der Waals surface area contributed by atoms with E-state index in [1.165, 1.54) is 12.0 Å². The fourth-order valence-electron chi connectivity index (χ4n) is 2.29. The van der Waals surface area contributed by atoms with Crippen LogP contribution in [0.1, 0.15) is 37.8 Å². The summed E-state index contributed by atoms with van der Waals surface area (Å²) in [5.74, 6) is 2.46. The summed E-state index contributed by atoms with van der Waals surface area (Å²) in [6.07, 6.45) is 2.37. The third kappa shape index (κ3) is 10.5. The molecule has 2 N–H and O–H groups in total. The van der Waals surface area contributed by atoms with Gasteiger partial charge < -0.3 is 20.1 Å². The molecule has 0 saturated heterocycles. The lowest BCUT2D eigenvalue weighted by atomic mass is 10.1. The topological polar surface area (TPSA) is 54.9 Å². The first kappa shape index (κ1) is 24.0. The third-order valence-corrected chi connectivity index (χ3v) is 3.69. The van der Waals surface area contributed by atoms with Crippen LogP contribution in [0.25, 0.3) is 0 Å². The molecule has 0 amide bonds. The smallest absolute Gasteiger partial charge is 0.191 e. The Balaban J connectivity index is 0.00000576. The normalized spacial score (nSPS) is 11.2. The van der Waals surface area contributed by atoms with Gasteiger partial charge in [-0.3, -0.25) is 4.99 Å². The van der Waals surface area contributed by atoms with E-state index in [1.807, 2.05) is 0 Å². The number of guanidine groups is 1. The highest BCUT2D eigenvalue weighted by atomic mass is 127. The van der Waals surface area contributed by atoms with Gasteiger partial charge in [0.15, 0.2) is 5.96 Å². The van der Waals surface area contributed by atoms with Gasteiger partial charge in [-0.05, 0) is 37.3 Å². The van der Waals surface area contributed by atoms with Crippen LogP contribution in [0.2, 0.25) is 0 Å². The zero-order chi connectivity index (χ0) is 17.8. The molecule has 0 unspecified atom stereocenters. The molecule has 0 saturated carbocycles. The number of rotatable bonds is 10. The molecule has 0 fully saturated rings. The molecular weight excluding hydrogens is 429 g/mol. The van der Waals surface area contributed by atoms with Crippen LogP contribution in [0.5, 0.6) is 5.75 Å². The summed E-state index contributed by atoms with van der Waals surface area (Å²) < 4.78 is 10.9. The van der Waals surface area contributed by atoms with E-state index in [4.69, 9.17) is 9.47 Å². The Kier molecular flexibility index (Phi) is 13.6. The van der Waals surface area contributed by atoms with E-state index < -0.39 is 0 Å². The van der Waals surface area contributed by atoms with E-state index in [0.717, 1.165) is 36.2 Å². The number of hydrogen-bond acceptors (Lipinski definition) is 3. The predicted molar refractivity (Wildman–Crippen MR) is 116 cm³/mol. The van der Waals surface area contributed by atoms with Gasteiger partial charge in [0.1, 0.15) is 12.4 Å². The Morgan fingerprint density at radius 2 is 1.96 bits per heavy atom. The standard InChI is InChI=1S/C19H33N3O2.HI/c1-15(2)7-6-10-21-19(20-4)22-14-17-9-8-16(3)13-18(17)24-12-11-23-5;/h8-9,13,15H,6-7,10-12,14H2,1-5H3,(H2,20,21,22);1H. The SMILES string of the molecule is CN=C(NCCCC(C)C)NCc1ccc(C)cc1OCCOC.I. The average molecular weight is 463 g/mol. The largest absolute Gasteiger partial charge is 0.491 e. The van der Waals surface area contributed by atoms with Crippen LogP contribution in [0.3, 0.4) is 0 Å². The van der Waals surface area contributed by atoms with Crippen LogP contribution in [-0.4, -0.2) is 39.9 Å². The van der Waals surface area contributed by atoms with Crippen LogP contribution in [0.15, 0.2) is 23.2 Å². The first-order valence-electron chi connectivity index (χ1n) is 8.72. The minimum absolute atomic E-state index is 0. The van der Waals surface area contributed by atoms with Gasteiger partial charge in [0.2, 0.25) is 0 Å². The maximum Gasteiger partial charge on any atom is 0.191 e. The fraction of sp³-hybridized carbons (Fsp3) is 0.632. The number of nitrogens with zero attached hydrogens (tertiary/aromatic N) is 1. The van der Waals surface area contributed by atoms with Crippen molar-refractivity contribution in [2.45, 2.75) is 40.2 Å². The maximum absolute atomic E-state index is 5.82. The van der Waals surface area contributed by atoms with E-state index in [1.54, 1.807) is 14.2 Å². The molecule has 1 aromatic carbocycles. The number of ether oxygens (including phenoxy) is 2. The summed E-state index contributed by atoms with van der Waals surface area (Å²) in [6, 6.07) is 6.25. The van der Waals surface area contributed by atoms with Crippen LogP contribution in [0.4, 0.5) is 0 Å². The van der Waals surface area contributed by atoms with Crippen molar-refractivity contribution >= 4 is 29.9 Å². The Morgan fingerprint density at radius 1 is 1.20 bits per heavy atom. The molecule has 0 aliphatic heterocycles. The van der Waals surface area contributed by atoms with Crippen molar-refractivity contribution < 1.29 is 9.47 Å². The molecule has 0 heterocycles. The number of aryl methyl sites for hydroxylation is 1. The quantitative estimate of drug-likeness (QED) is 0.240. The minimum atomic E-state index is 0. The second kappa shape index (κ2) is 14.2. The van der Waals surface area contributed by atoms with Crippen molar-refractivity contribution in [1.29, 1.82) is 0 Å². The number of hydrogen-bond donors (Lipinski definition) is 2. The Labute approximate surface area is 170 Å². The molecule has 0 aliphatic rings. The predicted octanol–water partition coefficient (Wildman–Crippen LogP) is 3.74. The van der Waals surface area contributed by atoms with Crippen LogP contribution in [-0.2, 0) is 11.3 Å². The lowest BCUT2D eigenvalue weighted by molar-refractivity contribution is 0.145. The van der Waals surface area contributed by atoms with Crippen LogP contribution in [0, 0.1) is 12.8 Å². The van der Waals surface area contributed by atoms with Crippen molar-refractivity contribution in [3.63, 3.8) is 0 Å². The highest BCUT2D eigenvalue weighted by Crippen LogP contribution is 2.20. The summed E-state index contributed by atoms with van der Waals surface area (Å²) in [5.41, 5.74) is 2.30. The summed E-state index contributed by atoms with van der Waals surface area (Å²) >= 11 is 0. The molecule has 5 nitrogen and oxygen atoms in total. The molecule has 0 radical (unpaired) electrons. The first-order chi connectivity index (χ1) is 11.6. The summed E-state index contributed by atoms with van der Waals surface area (Å²) in [7, 11) is 3.47. The lowest BCUT2D eigenvalue weighted by Gasteiger charge is -2.15. The van der Waals surface area contributed by atoms with E-state index in [2.05, 4.69) is 54.6 Å². The molecule has 6 heteroatoms. The van der Waals surface area contributed by atoms with Gasteiger partial charge in [0.25, 0.3) is 0 Å². The zero-order valence-electron chi connectivity index (χ0n) is 16.2. The average Bonchev–Trinajstić information content (AvgIpc) is 2.55. The number of aliphatic imine (C=N–C) groups is 1. The molecule has 1 rings (SSSR count). The highest BCUT2D eigenvalue weighted by Gasteiger charge is 2.06. The van der Waals surface area contributed by atoms with E-state index in [9.17, 15) is 0 Å². The third-order valence-electron chi connectivity index (χ3n) is 3.69. The maximum atomic E-state index is 5.82. The molecule has 1 aromatic rings. The summed E-state index contributed by atoms with van der Waals surface area (Å²) in [5, 5.41) is 6.71. The molecule has 0 bridgehead atoms. The number of nitrogens with one attached hydrogen (secondary N) is 2. The van der Waals surface area contributed by atoms with E-state index >= 15 is 0 Å². The zero-order valence-corrected chi connectivity index (χ0v) is 18.6.